The van der Waals surface area contributed by atoms with Crippen molar-refractivity contribution in [2.75, 3.05) is 13.7 Å². The van der Waals surface area contributed by atoms with Gasteiger partial charge in [0, 0.05) is 16.7 Å². The Kier molecular flexibility index (Phi) is 5.09. The molecule has 17 heavy (non-hydrogen) atoms. The van der Waals surface area contributed by atoms with Crippen LogP contribution in [0.3, 0.4) is 0 Å². The van der Waals surface area contributed by atoms with E-state index < -0.39 is 0 Å². The van der Waals surface area contributed by atoms with Gasteiger partial charge in [0.15, 0.2) is 11.5 Å². The van der Waals surface area contributed by atoms with Crippen LogP contribution in [0.4, 0.5) is 0 Å². The Morgan fingerprint density at radius 2 is 1.94 bits per heavy atom. The third kappa shape index (κ3) is 3.51. The molecule has 4 heteroatoms. The molecule has 96 valence electrons. The molecule has 0 bridgehead atoms. The Morgan fingerprint density at radius 1 is 1.29 bits per heavy atom. The fourth-order valence-corrected chi connectivity index (χ4v) is 1.81. The second-order valence-electron chi connectivity index (χ2n) is 4.33. The lowest BCUT2D eigenvalue weighted by molar-refractivity contribution is 0.226. The predicted octanol–water partition coefficient (Wildman–Crippen LogP) is 3.20. The molecule has 2 N–H and O–H groups in total. The van der Waals surface area contributed by atoms with Crippen LogP contribution in [-0.2, 0) is 0 Å². The third-order valence-corrected chi connectivity index (χ3v) is 2.72. The van der Waals surface area contributed by atoms with Crippen LogP contribution < -0.4 is 15.2 Å². The Morgan fingerprint density at radius 3 is 2.41 bits per heavy atom. The minimum absolute atomic E-state index is 0.0776. The molecule has 0 aliphatic rings. The van der Waals surface area contributed by atoms with Crippen molar-refractivity contribution in [1.29, 1.82) is 0 Å². The zero-order chi connectivity index (χ0) is 13.0. The zero-order valence-electron chi connectivity index (χ0n) is 10.8. The summed E-state index contributed by atoms with van der Waals surface area (Å²) >= 11 is 6.06. The van der Waals surface area contributed by atoms with E-state index in [9.17, 15) is 0 Å². The van der Waals surface area contributed by atoms with Gasteiger partial charge in [-0.15, -0.1) is 0 Å². The molecule has 0 aliphatic carbocycles. The molecule has 0 fully saturated rings. The van der Waals surface area contributed by atoms with E-state index in [1.165, 1.54) is 0 Å². The minimum Gasteiger partial charge on any atom is -0.493 e. The monoisotopic (exact) mass is 257 g/mol. The Balaban J connectivity index is 3.27. The van der Waals surface area contributed by atoms with Crippen molar-refractivity contribution in [2.24, 2.45) is 5.73 Å². The number of rotatable bonds is 5. The molecule has 1 rings (SSSR count). The largest absolute Gasteiger partial charge is 0.493 e. The summed E-state index contributed by atoms with van der Waals surface area (Å²) in [7, 11) is 1.61. The van der Waals surface area contributed by atoms with Gasteiger partial charge in [0.1, 0.15) is 0 Å². The third-order valence-electron chi connectivity index (χ3n) is 2.51. The number of methoxy groups -OCH3 is 1. The van der Waals surface area contributed by atoms with Gasteiger partial charge in [-0.2, -0.15) is 0 Å². The standard InChI is InChI=1S/C13H20ClNO2/c1-8(2)17-13-11(9(3)7-15)5-10(14)6-12(13)16-4/h5-6,8-9H,7,15H2,1-4H3. The minimum atomic E-state index is 0.0776. The lowest BCUT2D eigenvalue weighted by atomic mass is 9.99. The van der Waals surface area contributed by atoms with Crippen LogP contribution in [0.15, 0.2) is 12.1 Å². The topological polar surface area (TPSA) is 44.5 Å². The highest BCUT2D eigenvalue weighted by Crippen LogP contribution is 2.38. The van der Waals surface area contributed by atoms with Crippen LogP contribution in [-0.4, -0.2) is 19.8 Å². The molecule has 1 aromatic carbocycles. The van der Waals surface area contributed by atoms with Gasteiger partial charge in [-0.25, -0.2) is 0 Å². The van der Waals surface area contributed by atoms with E-state index in [-0.39, 0.29) is 12.0 Å². The highest BCUT2D eigenvalue weighted by atomic mass is 35.5. The Bertz CT molecular complexity index is 380. The average molecular weight is 258 g/mol. The second kappa shape index (κ2) is 6.12. The van der Waals surface area contributed by atoms with E-state index in [2.05, 4.69) is 0 Å². The molecule has 1 aromatic rings. The number of halogens is 1. The molecule has 1 atom stereocenters. The van der Waals surface area contributed by atoms with Gasteiger partial charge in [-0.3, -0.25) is 0 Å². The molecule has 0 radical (unpaired) electrons. The molecule has 0 saturated carbocycles. The van der Waals surface area contributed by atoms with Crippen LogP contribution in [0.2, 0.25) is 5.02 Å². The summed E-state index contributed by atoms with van der Waals surface area (Å²) in [5.41, 5.74) is 6.70. The Hall–Kier alpha value is -0.930. The molecular weight excluding hydrogens is 238 g/mol. The van der Waals surface area contributed by atoms with E-state index in [0.717, 1.165) is 11.3 Å². The molecule has 0 aliphatic heterocycles. The number of nitrogens with two attached hydrogens (primary N) is 1. The van der Waals surface area contributed by atoms with Crippen LogP contribution in [0.1, 0.15) is 32.3 Å². The first kappa shape index (κ1) is 14.1. The number of ether oxygens (including phenoxy) is 2. The first-order valence-electron chi connectivity index (χ1n) is 5.73. The maximum atomic E-state index is 6.06. The summed E-state index contributed by atoms with van der Waals surface area (Å²) in [5, 5.41) is 0.633. The molecular formula is C13H20ClNO2. The second-order valence-corrected chi connectivity index (χ2v) is 4.77. The van der Waals surface area contributed by atoms with E-state index in [1.807, 2.05) is 26.8 Å². The zero-order valence-corrected chi connectivity index (χ0v) is 11.5. The van der Waals surface area contributed by atoms with Crippen LogP contribution in [0, 0.1) is 0 Å². The molecule has 1 unspecified atom stereocenters. The molecule has 0 aromatic heterocycles. The quantitative estimate of drug-likeness (QED) is 0.881. The van der Waals surface area contributed by atoms with Crippen molar-refractivity contribution in [1.82, 2.24) is 0 Å². The summed E-state index contributed by atoms with van der Waals surface area (Å²) in [5.74, 6) is 1.57. The van der Waals surface area contributed by atoms with Crippen molar-refractivity contribution in [3.05, 3.63) is 22.7 Å². The predicted molar refractivity (Wildman–Crippen MR) is 71.2 cm³/mol. The number of benzene rings is 1. The maximum absolute atomic E-state index is 6.06. The molecule has 0 spiro atoms. The summed E-state index contributed by atoms with van der Waals surface area (Å²) < 4.78 is 11.1. The normalized spacial score (nSPS) is 12.6. The van der Waals surface area contributed by atoms with Gasteiger partial charge >= 0.3 is 0 Å². The Labute approximate surface area is 108 Å². The first-order valence-corrected chi connectivity index (χ1v) is 6.11. The molecule has 0 amide bonds. The van der Waals surface area contributed by atoms with Gasteiger partial charge < -0.3 is 15.2 Å². The number of hydrogen-bond donors (Lipinski definition) is 1. The highest BCUT2D eigenvalue weighted by Gasteiger charge is 2.18. The van der Waals surface area contributed by atoms with Crippen molar-refractivity contribution in [3.8, 4) is 11.5 Å². The van der Waals surface area contributed by atoms with Crippen LogP contribution >= 0.6 is 11.6 Å². The van der Waals surface area contributed by atoms with Gasteiger partial charge in [0.2, 0.25) is 0 Å². The van der Waals surface area contributed by atoms with Crippen molar-refractivity contribution >= 4 is 11.6 Å². The first-order chi connectivity index (χ1) is 7.99. The lowest BCUT2D eigenvalue weighted by Crippen LogP contribution is -2.14. The van der Waals surface area contributed by atoms with E-state index in [1.54, 1.807) is 13.2 Å². The smallest absolute Gasteiger partial charge is 0.165 e. The summed E-state index contributed by atoms with van der Waals surface area (Å²) in [6.07, 6.45) is 0.0776. The lowest BCUT2D eigenvalue weighted by Gasteiger charge is -2.20. The average Bonchev–Trinajstić information content (AvgIpc) is 2.29. The SMILES string of the molecule is COc1cc(Cl)cc(C(C)CN)c1OC(C)C. The number of hydrogen-bond acceptors (Lipinski definition) is 3. The van der Waals surface area contributed by atoms with Crippen molar-refractivity contribution in [2.45, 2.75) is 32.8 Å². The fraction of sp³-hybridized carbons (Fsp3) is 0.538. The van der Waals surface area contributed by atoms with Crippen LogP contribution in [0.5, 0.6) is 11.5 Å². The summed E-state index contributed by atoms with van der Waals surface area (Å²) in [6.45, 7) is 6.53. The van der Waals surface area contributed by atoms with Crippen LogP contribution in [0.25, 0.3) is 0 Å². The van der Waals surface area contributed by atoms with Gasteiger partial charge in [0.25, 0.3) is 0 Å². The molecule has 0 heterocycles. The van der Waals surface area contributed by atoms with Gasteiger partial charge in [-0.05, 0) is 32.4 Å². The van der Waals surface area contributed by atoms with Gasteiger partial charge in [0.05, 0.1) is 13.2 Å². The highest BCUT2D eigenvalue weighted by molar-refractivity contribution is 6.30. The molecule has 3 nitrogen and oxygen atoms in total. The molecule has 0 saturated heterocycles. The van der Waals surface area contributed by atoms with E-state index in [0.29, 0.717) is 17.3 Å². The van der Waals surface area contributed by atoms with Crippen molar-refractivity contribution in [3.63, 3.8) is 0 Å². The maximum Gasteiger partial charge on any atom is 0.165 e. The summed E-state index contributed by atoms with van der Waals surface area (Å²) in [4.78, 5) is 0. The van der Waals surface area contributed by atoms with E-state index in [4.69, 9.17) is 26.8 Å². The van der Waals surface area contributed by atoms with Crippen molar-refractivity contribution < 1.29 is 9.47 Å². The van der Waals surface area contributed by atoms with E-state index >= 15 is 0 Å². The van der Waals surface area contributed by atoms with Gasteiger partial charge in [-0.1, -0.05) is 18.5 Å². The summed E-state index contributed by atoms with van der Waals surface area (Å²) in [6, 6.07) is 3.64. The fourth-order valence-electron chi connectivity index (χ4n) is 1.60.